The number of rotatable bonds is 3. The number of alkyl halides is 2. The first-order chi connectivity index (χ1) is 5.08. The van der Waals surface area contributed by atoms with Crippen LogP contribution in [0.1, 0.15) is 19.3 Å². The summed E-state index contributed by atoms with van der Waals surface area (Å²) in [5.74, 6) is 0.414. The summed E-state index contributed by atoms with van der Waals surface area (Å²) in [6, 6.07) is 0. The molecular weight excluding hydrogens is 275 g/mol. The van der Waals surface area contributed by atoms with Crippen molar-refractivity contribution >= 4 is 9.84 Å². The van der Waals surface area contributed by atoms with Gasteiger partial charge in [-0.2, -0.15) is 0 Å². The number of hydrogen-bond donors (Lipinski definition) is 0. The molecule has 1 saturated heterocycles. The minimum atomic E-state index is -2.69. The zero-order valence-corrected chi connectivity index (χ0v) is 9.69. The Labute approximate surface area is 78.9 Å². The molecule has 4 heteroatoms. The molecule has 0 aliphatic carbocycles. The fourth-order valence-corrected chi connectivity index (χ4v) is 5.70. The fraction of sp³-hybridized carbons (Fsp3) is 1.00. The Morgan fingerprint density at radius 1 is 1.55 bits per heavy atom. The molecule has 1 unspecified atom stereocenters. The van der Waals surface area contributed by atoms with E-state index in [0.29, 0.717) is 27.0 Å². The molecule has 0 aromatic rings. The van der Waals surface area contributed by atoms with E-state index in [4.69, 9.17) is 0 Å². The molecule has 0 aromatic carbocycles. The molecule has 0 spiro atoms. The van der Waals surface area contributed by atoms with Crippen LogP contribution in [0.3, 0.4) is 0 Å². The van der Waals surface area contributed by atoms with Crippen LogP contribution in [-0.4, -0.2) is 28.8 Å². The van der Waals surface area contributed by atoms with E-state index in [1.165, 1.54) is 23.5 Å². The van der Waals surface area contributed by atoms with Gasteiger partial charge in [-0.05, 0) is 0 Å². The molecule has 1 atom stereocenters. The maximum absolute atomic E-state index is 10.8. The van der Waals surface area contributed by atoms with Gasteiger partial charge in [-0.1, -0.05) is 0 Å². The van der Waals surface area contributed by atoms with Gasteiger partial charge in [0.15, 0.2) is 0 Å². The third-order valence-corrected chi connectivity index (χ3v) is 6.63. The first-order valence-electron chi connectivity index (χ1n) is 3.83. The molecule has 11 heavy (non-hydrogen) atoms. The number of sulfone groups is 1. The Balaban J connectivity index is 2.22. The average Bonchev–Trinajstić information content (AvgIpc) is 2.32. The Morgan fingerprint density at radius 2 is 2.27 bits per heavy atom. The van der Waals surface area contributed by atoms with Gasteiger partial charge >= 0.3 is 79.1 Å². The Hall–Kier alpha value is 0.680. The summed E-state index contributed by atoms with van der Waals surface area (Å²) < 4.78 is 23.8. The van der Waals surface area contributed by atoms with E-state index in [1.54, 1.807) is 0 Å². The second-order valence-corrected chi connectivity index (χ2v) is 8.98. The molecule has 0 bridgehead atoms. The van der Waals surface area contributed by atoms with Crippen LogP contribution in [0.15, 0.2) is 0 Å². The molecule has 0 radical (unpaired) electrons. The summed E-state index contributed by atoms with van der Waals surface area (Å²) in [6.07, 6.45) is 4.91. The second kappa shape index (κ2) is 4.07. The van der Waals surface area contributed by atoms with Gasteiger partial charge in [0.2, 0.25) is 0 Å². The van der Waals surface area contributed by atoms with Crippen molar-refractivity contribution in [2.45, 2.75) is 23.2 Å². The van der Waals surface area contributed by atoms with Gasteiger partial charge in [-0.25, -0.2) is 0 Å². The zero-order valence-electron chi connectivity index (χ0n) is 6.72. The number of halogens is 1. The quantitative estimate of drug-likeness (QED) is 0.431. The van der Waals surface area contributed by atoms with E-state index in [9.17, 15) is 8.42 Å². The summed E-state index contributed by atoms with van der Waals surface area (Å²) in [4.78, 5) is 0. The van der Waals surface area contributed by atoms with Crippen molar-refractivity contribution in [2.24, 2.45) is 0 Å². The molecule has 0 saturated carbocycles. The van der Waals surface area contributed by atoms with Crippen molar-refractivity contribution in [1.82, 2.24) is 0 Å². The standard InChI is InChI=1S/C7H14IO2S/c1-11(9,10)6-4-7-3-2-5-8-7/h7H,2-6H2,1H3/q-1. The van der Waals surface area contributed by atoms with E-state index >= 15 is 0 Å². The van der Waals surface area contributed by atoms with Crippen LogP contribution in [0, 0.1) is 0 Å². The summed E-state index contributed by atoms with van der Waals surface area (Å²) >= 11 is 0.357. The zero-order chi connectivity index (χ0) is 8.32. The van der Waals surface area contributed by atoms with Gasteiger partial charge in [-0.3, -0.25) is 0 Å². The van der Waals surface area contributed by atoms with Crippen LogP contribution in [0.2, 0.25) is 0 Å². The van der Waals surface area contributed by atoms with Crippen molar-refractivity contribution in [1.29, 1.82) is 0 Å². The third kappa shape index (κ3) is 4.30. The molecule has 0 N–H and O–H groups in total. The van der Waals surface area contributed by atoms with Crippen molar-refractivity contribution in [3.8, 4) is 0 Å². The summed E-state index contributed by atoms with van der Waals surface area (Å²) in [5, 5.41) is 0. The van der Waals surface area contributed by atoms with Gasteiger partial charge in [0.1, 0.15) is 0 Å². The van der Waals surface area contributed by atoms with E-state index in [-0.39, 0.29) is 0 Å². The molecule has 0 aromatic heterocycles. The molecule has 1 heterocycles. The van der Waals surface area contributed by atoms with Gasteiger partial charge < -0.3 is 0 Å². The summed E-state index contributed by atoms with van der Waals surface area (Å²) in [7, 11) is -2.69. The van der Waals surface area contributed by atoms with Crippen LogP contribution in [0.4, 0.5) is 0 Å². The van der Waals surface area contributed by atoms with E-state index in [1.807, 2.05) is 0 Å². The van der Waals surface area contributed by atoms with Crippen LogP contribution >= 0.6 is 0 Å². The summed E-state index contributed by atoms with van der Waals surface area (Å²) in [6.45, 7) is 0. The fourth-order valence-electron chi connectivity index (χ4n) is 1.17. The Morgan fingerprint density at radius 3 is 2.73 bits per heavy atom. The van der Waals surface area contributed by atoms with Crippen molar-refractivity contribution in [3.63, 3.8) is 0 Å². The predicted octanol–water partition coefficient (Wildman–Crippen LogP) is -2.33. The van der Waals surface area contributed by atoms with Crippen LogP contribution < -0.4 is 21.2 Å². The van der Waals surface area contributed by atoms with Gasteiger partial charge in [0.05, 0.1) is 0 Å². The summed E-state index contributed by atoms with van der Waals surface area (Å²) in [5.41, 5.74) is 0. The van der Waals surface area contributed by atoms with Crippen LogP contribution in [-0.2, 0) is 9.84 Å². The molecule has 2 nitrogen and oxygen atoms in total. The topological polar surface area (TPSA) is 34.1 Å². The second-order valence-electron chi connectivity index (χ2n) is 3.00. The molecule has 68 valence electrons. The molecule has 1 aliphatic rings. The molecule has 0 amide bonds. The van der Waals surface area contributed by atoms with E-state index in [0.717, 1.165) is 10.3 Å². The SMILES string of the molecule is CS(=O)(=O)CCC1CCC[I-]1. The minimum absolute atomic E-state index is 0.357. The Bertz CT molecular complexity index is 204. The van der Waals surface area contributed by atoms with E-state index < -0.39 is 9.84 Å². The van der Waals surface area contributed by atoms with E-state index in [2.05, 4.69) is 0 Å². The normalized spacial score (nSPS) is 26.5. The van der Waals surface area contributed by atoms with Gasteiger partial charge in [-0.15, -0.1) is 0 Å². The van der Waals surface area contributed by atoms with Crippen LogP contribution in [0.25, 0.3) is 0 Å². The third-order valence-electron chi connectivity index (χ3n) is 1.78. The average molecular weight is 289 g/mol. The van der Waals surface area contributed by atoms with Crippen molar-refractivity contribution < 1.29 is 29.6 Å². The maximum atomic E-state index is 10.8. The molecule has 1 rings (SSSR count). The first kappa shape index (κ1) is 9.77. The van der Waals surface area contributed by atoms with Crippen LogP contribution in [0.5, 0.6) is 0 Å². The first-order valence-corrected chi connectivity index (χ1v) is 8.66. The van der Waals surface area contributed by atoms with Crippen molar-refractivity contribution in [2.75, 3.05) is 16.4 Å². The predicted molar refractivity (Wildman–Crippen MR) is 42.2 cm³/mol. The Kier molecular flexibility index (Phi) is 3.61. The molecule has 1 aliphatic heterocycles. The monoisotopic (exact) mass is 289 g/mol. The van der Waals surface area contributed by atoms with Gasteiger partial charge in [0, 0.05) is 0 Å². The molecule has 1 fully saturated rings. The number of hydrogen-bond acceptors (Lipinski definition) is 2. The van der Waals surface area contributed by atoms with Gasteiger partial charge in [0.25, 0.3) is 0 Å². The van der Waals surface area contributed by atoms with Crippen molar-refractivity contribution in [3.05, 3.63) is 0 Å². The molecular formula is C7H14IO2S-.